The molecule has 0 heterocycles. The van der Waals surface area contributed by atoms with Crippen molar-refractivity contribution >= 4 is 0 Å². The normalized spacial score (nSPS) is 19.5. The summed E-state index contributed by atoms with van der Waals surface area (Å²) in [5, 5.41) is 0. The van der Waals surface area contributed by atoms with E-state index in [0.29, 0.717) is 0 Å². The van der Waals surface area contributed by atoms with Crippen LogP contribution in [0.4, 0.5) is 0 Å². The van der Waals surface area contributed by atoms with Crippen LogP contribution in [0.1, 0.15) is 121 Å². The van der Waals surface area contributed by atoms with E-state index in [1.807, 2.05) is 0 Å². The van der Waals surface area contributed by atoms with Crippen LogP contribution in [0, 0.1) is 24.7 Å². The van der Waals surface area contributed by atoms with Gasteiger partial charge in [-0.15, -0.1) is 0 Å². The zero-order chi connectivity index (χ0) is 24.3. The van der Waals surface area contributed by atoms with Crippen LogP contribution >= 0.6 is 0 Å². The Morgan fingerprint density at radius 2 is 1.74 bits per heavy atom. The highest BCUT2D eigenvalue weighted by Gasteiger charge is 2.24. The Hall–Kier alpha value is -1.56. The fourth-order valence-corrected chi connectivity index (χ4v) is 6.43. The van der Waals surface area contributed by atoms with Gasteiger partial charge in [-0.2, -0.15) is 0 Å². The van der Waals surface area contributed by atoms with Gasteiger partial charge in [0, 0.05) is 0 Å². The number of unbranched alkanes of at least 4 members (excludes halogenated alkanes) is 1. The molecule has 0 bridgehead atoms. The molecule has 0 heteroatoms. The molecule has 0 aliphatic heterocycles. The van der Waals surface area contributed by atoms with Gasteiger partial charge in [0.25, 0.3) is 0 Å². The summed E-state index contributed by atoms with van der Waals surface area (Å²) in [5.74, 6) is 2.60. The molecule has 1 saturated carbocycles. The van der Waals surface area contributed by atoms with Gasteiger partial charge in [0.2, 0.25) is 0 Å². The molecule has 1 fully saturated rings. The Kier molecular flexibility index (Phi) is 11.2. The van der Waals surface area contributed by atoms with E-state index in [2.05, 4.69) is 64.6 Å². The number of hydrogen-bond donors (Lipinski definition) is 0. The van der Waals surface area contributed by atoms with Gasteiger partial charge in [0.1, 0.15) is 0 Å². The van der Waals surface area contributed by atoms with Crippen LogP contribution < -0.4 is 0 Å². The summed E-state index contributed by atoms with van der Waals surface area (Å²) < 4.78 is 0. The first kappa shape index (κ1) is 27.0. The van der Waals surface area contributed by atoms with E-state index in [1.54, 1.807) is 16.7 Å². The molecule has 0 N–H and O–H groups in total. The third-order valence-electron chi connectivity index (χ3n) is 8.85. The molecule has 0 radical (unpaired) electrons. The van der Waals surface area contributed by atoms with Crippen molar-refractivity contribution in [2.75, 3.05) is 0 Å². The quantitative estimate of drug-likeness (QED) is 0.240. The molecule has 2 unspecified atom stereocenters. The lowest BCUT2D eigenvalue weighted by atomic mass is 9.78. The molecule has 4 rings (SSSR count). The van der Waals surface area contributed by atoms with Crippen LogP contribution in [0.3, 0.4) is 0 Å². The predicted octanol–water partition coefficient (Wildman–Crippen LogP) is 10.5. The molecule has 1 aromatic carbocycles. The highest BCUT2D eigenvalue weighted by molar-refractivity contribution is 5.33. The maximum Gasteiger partial charge on any atom is -0.0130 e. The minimum atomic E-state index is 0.718. The van der Waals surface area contributed by atoms with Gasteiger partial charge >= 0.3 is 0 Å². The van der Waals surface area contributed by atoms with E-state index in [0.717, 1.165) is 17.8 Å². The second-order valence-corrected chi connectivity index (χ2v) is 11.6. The molecule has 34 heavy (non-hydrogen) atoms. The van der Waals surface area contributed by atoms with Gasteiger partial charge in [-0.25, -0.2) is 0 Å². The summed E-state index contributed by atoms with van der Waals surface area (Å²) in [6, 6.07) is 6.86. The lowest BCUT2D eigenvalue weighted by molar-refractivity contribution is 0.298. The highest BCUT2D eigenvalue weighted by atomic mass is 14.3. The van der Waals surface area contributed by atoms with Crippen molar-refractivity contribution in [2.24, 2.45) is 17.8 Å². The summed E-state index contributed by atoms with van der Waals surface area (Å²) in [4.78, 5) is 0. The standard InChI is InChI=1S/C23H38.C11H14/c1-5-23(17-21-11-8-9-12-21)20(4)19(3)10-6-7-13-22-15-14-18(2)16-22;1-9-6-7-10-4-2-3-5-11(10)8-9/h14,16,20-21,23H,3,5-13,15,17H2,1-2,4H3;6-8H,2-5H2,1H3. The predicted molar refractivity (Wildman–Crippen MR) is 151 cm³/mol. The van der Waals surface area contributed by atoms with Gasteiger partial charge in [-0.3, -0.25) is 0 Å². The Morgan fingerprint density at radius 1 is 1.00 bits per heavy atom. The van der Waals surface area contributed by atoms with Gasteiger partial charge in [0.05, 0.1) is 0 Å². The Labute approximate surface area is 212 Å². The number of benzene rings is 1. The smallest absolute Gasteiger partial charge is 0.0130 e. The maximum absolute atomic E-state index is 4.45. The molecular weight excluding hydrogens is 408 g/mol. The SMILES string of the molecule is C=C(CCCCC1=CC(C)=CC1)C(C)C(CC)CC1CCCC1.Cc1ccc2c(c1)CCCC2. The van der Waals surface area contributed by atoms with E-state index in [4.69, 9.17) is 0 Å². The lowest BCUT2D eigenvalue weighted by Crippen LogP contribution is -2.16. The second kappa shape index (κ2) is 14.1. The first-order valence-corrected chi connectivity index (χ1v) is 14.6. The lowest BCUT2D eigenvalue weighted by Gasteiger charge is -2.27. The number of allylic oxidation sites excluding steroid dienone is 5. The number of fused-ring (bicyclic) bond motifs is 1. The topological polar surface area (TPSA) is 0 Å². The summed E-state index contributed by atoms with van der Waals surface area (Å²) >= 11 is 0. The summed E-state index contributed by atoms with van der Waals surface area (Å²) in [6.07, 6.45) is 25.2. The monoisotopic (exact) mass is 460 g/mol. The summed E-state index contributed by atoms with van der Waals surface area (Å²) in [5.41, 5.74) is 9.19. The maximum atomic E-state index is 4.45. The van der Waals surface area contributed by atoms with Crippen molar-refractivity contribution in [2.45, 2.75) is 124 Å². The third kappa shape index (κ3) is 8.58. The molecule has 0 aromatic heterocycles. The van der Waals surface area contributed by atoms with Crippen LogP contribution in [0.15, 0.2) is 53.6 Å². The minimum Gasteiger partial charge on any atom is -0.0996 e. The molecule has 3 aliphatic carbocycles. The van der Waals surface area contributed by atoms with Crippen LogP contribution in [-0.4, -0.2) is 0 Å². The molecular formula is C34H52. The Bertz CT molecular complexity index is 830. The second-order valence-electron chi connectivity index (χ2n) is 11.6. The average Bonchev–Trinajstić information content (AvgIpc) is 3.51. The molecule has 0 saturated heterocycles. The average molecular weight is 461 g/mol. The molecule has 0 nitrogen and oxygen atoms in total. The van der Waals surface area contributed by atoms with Crippen LogP contribution in [0.5, 0.6) is 0 Å². The summed E-state index contributed by atoms with van der Waals surface area (Å²) in [6.45, 7) is 13.7. The minimum absolute atomic E-state index is 0.718. The van der Waals surface area contributed by atoms with Crippen molar-refractivity contribution in [3.8, 4) is 0 Å². The van der Waals surface area contributed by atoms with Crippen molar-refractivity contribution < 1.29 is 0 Å². The van der Waals surface area contributed by atoms with Crippen molar-refractivity contribution in [3.63, 3.8) is 0 Å². The molecule has 2 atom stereocenters. The molecule has 188 valence electrons. The fraction of sp³-hybridized carbons (Fsp3) is 0.647. The van der Waals surface area contributed by atoms with Crippen LogP contribution in [-0.2, 0) is 12.8 Å². The zero-order valence-corrected chi connectivity index (χ0v) is 22.9. The van der Waals surface area contributed by atoms with E-state index in [-0.39, 0.29) is 0 Å². The Balaban J connectivity index is 0.000000243. The molecule has 0 spiro atoms. The number of rotatable bonds is 10. The Morgan fingerprint density at radius 3 is 2.41 bits per heavy atom. The van der Waals surface area contributed by atoms with Gasteiger partial charge in [-0.05, 0) is 107 Å². The molecule has 1 aromatic rings. The van der Waals surface area contributed by atoms with Crippen molar-refractivity contribution in [1.29, 1.82) is 0 Å². The highest BCUT2D eigenvalue weighted by Crippen LogP contribution is 2.37. The first-order chi connectivity index (χ1) is 16.5. The van der Waals surface area contributed by atoms with Crippen LogP contribution in [0.25, 0.3) is 0 Å². The van der Waals surface area contributed by atoms with Crippen molar-refractivity contribution in [3.05, 3.63) is 70.3 Å². The van der Waals surface area contributed by atoms with E-state index >= 15 is 0 Å². The van der Waals surface area contributed by atoms with Crippen molar-refractivity contribution in [1.82, 2.24) is 0 Å². The molecule has 3 aliphatic rings. The van der Waals surface area contributed by atoms with Gasteiger partial charge < -0.3 is 0 Å². The largest absolute Gasteiger partial charge is 0.0996 e. The fourth-order valence-electron chi connectivity index (χ4n) is 6.43. The zero-order valence-electron chi connectivity index (χ0n) is 22.9. The number of aryl methyl sites for hydroxylation is 3. The molecule has 0 amide bonds. The third-order valence-corrected chi connectivity index (χ3v) is 8.85. The number of hydrogen-bond acceptors (Lipinski definition) is 0. The van der Waals surface area contributed by atoms with Crippen LogP contribution in [0.2, 0.25) is 0 Å². The van der Waals surface area contributed by atoms with E-state index < -0.39 is 0 Å². The van der Waals surface area contributed by atoms with Gasteiger partial charge in [-0.1, -0.05) is 105 Å². The van der Waals surface area contributed by atoms with E-state index in [1.165, 1.54) is 113 Å². The van der Waals surface area contributed by atoms with E-state index in [9.17, 15) is 0 Å². The van der Waals surface area contributed by atoms with Gasteiger partial charge in [0.15, 0.2) is 0 Å². The summed E-state index contributed by atoms with van der Waals surface area (Å²) in [7, 11) is 0. The first-order valence-electron chi connectivity index (χ1n) is 14.6.